The number of nitrogens with one attached hydrogen (secondary N) is 1. The molecule has 1 aromatic heterocycles. The third-order valence-corrected chi connectivity index (χ3v) is 6.24. The number of aliphatic hydroxyl groups is 1. The summed E-state index contributed by atoms with van der Waals surface area (Å²) in [6, 6.07) is 7.09. The minimum atomic E-state index is -1.68. The van der Waals surface area contributed by atoms with Crippen LogP contribution in [0.1, 0.15) is 35.3 Å². The summed E-state index contributed by atoms with van der Waals surface area (Å²) in [6.07, 6.45) is 1.95. The summed E-state index contributed by atoms with van der Waals surface area (Å²) in [5.41, 5.74) is -0.339. The van der Waals surface area contributed by atoms with Crippen LogP contribution in [0.3, 0.4) is 0 Å². The van der Waals surface area contributed by atoms with Gasteiger partial charge in [0.25, 0.3) is 5.91 Å². The van der Waals surface area contributed by atoms with Gasteiger partial charge in [-0.1, -0.05) is 35.3 Å². The third kappa shape index (κ3) is 4.31. The molecule has 2 amide bonds. The number of ether oxygens (including phenoxy) is 1. The maximum Gasteiger partial charge on any atom is 0.359 e. The van der Waals surface area contributed by atoms with Crippen LogP contribution in [0.2, 0.25) is 0 Å². The number of benzene rings is 1. The highest BCUT2D eigenvalue weighted by Gasteiger charge is 2.42. The molecule has 1 aromatic carbocycles. The van der Waals surface area contributed by atoms with Gasteiger partial charge < -0.3 is 20.1 Å². The summed E-state index contributed by atoms with van der Waals surface area (Å²) >= 11 is 1.18. The Morgan fingerprint density at radius 2 is 2.16 bits per heavy atom. The van der Waals surface area contributed by atoms with Gasteiger partial charge in [-0.2, -0.15) is 0 Å². The molecule has 31 heavy (non-hydrogen) atoms. The number of esters is 1. The zero-order valence-corrected chi connectivity index (χ0v) is 17.9. The van der Waals surface area contributed by atoms with Crippen molar-refractivity contribution in [2.24, 2.45) is 5.92 Å². The van der Waals surface area contributed by atoms with Crippen LogP contribution in [-0.4, -0.2) is 59.1 Å². The minimum Gasteiger partial charge on any atom is -0.464 e. The molecule has 2 aliphatic rings. The van der Waals surface area contributed by atoms with Crippen molar-refractivity contribution >= 4 is 34.1 Å². The second-order valence-electron chi connectivity index (χ2n) is 7.62. The predicted molar refractivity (Wildman–Crippen MR) is 114 cm³/mol. The van der Waals surface area contributed by atoms with Gasteiger partial charge in [-0.3, -0.25) is 9.59 Å². The Kier molecular flexibility index (Phi) is 5.52. The lowest BCUT2D eigenvalue weighted by molar-refractivity contribution is -0.137. The maximum atomic E-state index is 12.2. The van der Waals surface area contributed by atoms with Crippen LogP contribution in [0, 0.1) is 17.8 Å². The fraction of sp³-hybridized carbons (Fsp3) is 0.364. The van der Waals surface area contributed by atoms with E-state index in [2.05, 4.69) is 22.1 Å². The van der Waals surface area contributed by atoms with Gasteiger partial charge in [0.1, 0.15) is 10.0 Å². The fourth-order valence-electron chi connectivity index (χ4n) is 3.20. The van der Waals surface area contributed by atoms with Crippen molar-refractivity contribution in [2.45, 2.75) is 24.9 Å². The zero-order chi connectivity index (χ0) is 22.2. The number of aromatic nitrogens is 1. The van der Waals surface area contributed by atoms with E-state index in [1.165, 1.54) is 23.3 Å². The SMILES string of the molecule is COC(=O)c1nc(-c2cccc(C#C[C@]3(O)CCN(C)C3=O)c2)sc1NC(=O)C1CC1. The number of likely N-dealkylation sites (N-methyl/N-ethyl adjacent to an activating group) is 1. The molecule has 0 spiro atoms. The van der Waals surface area contributed by atoms with E-state index in [9.17, 15) is 19.5 Å². The highest BCUT2D eigenvalue weighted by atomic mass is 32.1. The fourth-order valence-corrected chi connectivity index (χ4v) is 4.15. The average Bonchev–Trinajstić information content (AvgIpc) is 3.50. The number of rotatable bonds is 4. The molecule has 2 aromatic rings. The number of carbonyl (C=O) groups is 3. The molecular weight excluding hydrogens is 418 g/mol. The van der Waals surface area contributed by atoms with Crippen LogP contribution in [0.5, 0.6) is 0 Å². The van der Waals surface area contributed by atoms with E-state index >= 15 is 0 Å². The quantitative estimate of drug-likeness (QED) is 0.556. The zero-order valence-electron chi connectivity index (χ0n) is 17.1. The first-order chi connectivity index (χ1) is 14.8. The Balaban J connectivity index is 1.62. The lowest BCUT2D eigenvalue weighted by atomic mass is 10.0. The van der Waals surface area contributed by atoms with Gasteiger partial charge >= 0.3 is 5.97 Å². The second kappa shape index (κ2) is 8.13. The molecule has 2 heterocycles. The predicted octanol–water partition coefficient (Wildman–Crippen LogP) is 1.89. The highest BCUT2D eigenvalue weighted by molar-refractivity contribution is 7.19. The van der Waals surface area contributed by atoms with E-state index in [0.29, 0.717) is 27.7 Å². The minimum absolute atomic E-state index is 0.0159. The molecule has 0 radical (unpaired) electrons. The standard InChI is InChI=1S/C22H21N3O5S/c1-25-11-10-22(29,21(25)28)9-8-13-4-3-5-15(12-13)18-23-16(20(27)30-2)19(31-18)24-17(26)14-6-7-14/h3-5,12,14,29H,6-7,10-11H2,1-2H3,(H,24,26)/t22-/m0/s1. The first-order valence-electron chi connectivity index (χ1n) is 9.82. The normalized spacial score (nSPS) is 20.2. The molecule has 8 nitrogen and oxygen atoms in total. The van der Waals surface area contributed by atoms with Gasteiger partial charge in [0, 0.05) is 37.1 Å². The number of hydrogen-bond acceptors (Lipinski definition) is 7. The lowest BCUT2D eigenvalue weighted by Crippen LogP contribution is -2.37. The Bertz CT molecular complexity index is 1130. The molecule has 2 fully saturated rings. The summed E-state index contributed by atoms with van der Waals surface area (Å²) in [7, 11) is 2.89. The molecule has 1 saturated heterocycles. The molecular formula is C22H21N3O5S. The number of amides is 2. The first-order valence-corrected chi connectivity index (χ1v) is 10.6. The van der Waals surface area contributed by atoms with Gasteiger partial charge in [0.15, 0.2) is 5.69 Å². The Labute approximate surface area is 183 Å². The smallest absolute Gasteiger partial charge is 0.359 e. The van der Waals surface area contributed by atoms with E-state index in [4.69, 9.17) is 4.74 Å². The summed E-state index contributed by atoms with van der Waals surface area (Å²) in [5, 5.41) is 14.1. The highest BCUT2D eigenvalue weighted by Crippen LogP contribution is 2.36. The molecule has 1 saturated carbocycles. The van der Waals surface area contributed by atoms with Crippen LogP contribution in [0.4, 0.5) is 5.00 Å². The van der Waals surface area contributed by atoms with Crippen molar-refractivity contribution in [1.82, 2.24) is 9.88 Å². The monoisotopic (exact) mass is 439 g/mol. The van der Waals surface area contributed by atoms with Crippen LogP contribution < -0.4 is 5.32 Å². The topological polar surface area (TPSA) is 109 Å². The Morgan fingerprint density at radius 1 is 1.39 bits per heavy atom. The molecule has 4 rings (SSSR count). The van der Waals surface area contributed by atoms with Gasteiger partial charge in [-0.05, 0) is 25.0 Å². The summed E-state index contributed by atoms with van der Waals surface area (Å²) in [6.45, 7) is 0.453. The van der Waals surface area contributed by atoms with E-state index in [-0.39, 0.29) is 23.9 Å². The van der Waals surface area contributed by atoms with Crippen LogP contribution in [-0.2, 0) is 14.3 Å². The van der Waals surface area contributed by atoms with Gasteiger partial charge in [0.05, 0.1) is 7.11 Å². The van der Waals surface area contributed by atoms with Crippen molar-refractivity contribution in [3.05, 3.63) is 35.5 Å². The van der Waals surface area contributed by atoms with Crippen LogP contribution in [0.25, 0.3) is 10.6 Å². The number of methoxy groups -OCH3 is 1. The van der Waals surface area contributed by atoms with Crippen molar-refractivity contribution in [3.8, 4) is 22.4 Å². The lowest BCUT2D eigenvalue weighted by Gasteiger charge is -2.13. The molecule has 2 N–H and O–H groups in total. The van der Waals surface area contributed by atoms with Crippen molar-refractivity contribution in [1.29, 1.82) is 0 Å². The second-order valence-corrected chi connectivity index (χ2v) is 8.62. The molecule has 0 bridgehead atoms. The van der Waals surface area contributed by atoms with Crippen LogP contribution >= 0.6 is 11.3 Å². The van der Waals surface area contributed by atoms with E-state index in [1.807, 2.05) is 0 Å². The number of carbonyl (C=O) groups excluding carboxylic acids is 3. The number of nitrogens with zero attached hydrogens (tertiary/aromatic N) is 2. The van der Waals surface area contributed by atoms with Gasteiger partial charge in [0.2, 0.25) is 11.5 Å². The van der Waals surface area contributed by atoms with E-state index in [1.54, 1.807) is 31.3 Å². The third-order valence-electron chi connectivity index (χ3n) is 5.22. The summed E-state index contributed by atoms with van der Waals surface area (Å²) < 4.78 is 4.80. The van der Waals surface area contributed by atoms with Crippen molar-refractivity contribution in [3.63, 3.8) is 0 Å². The number of likely N-dealkylation sites (tertiary alicyclic amines) is 1. The molecule has 160 valence electrons. The molecule has 9 heteroatoms. The number of thiazole rings is 1. The number of hydrogen-bond donors (Lipinski definition) is 2. The Hall–Kier alpha value is -3.22. The summed E-state index contributed by atoms with van der Waals surface area (Å²) in [5.74, 6) is 4.38. The van der Waals surface area contributed by atoms with E-state index in [0.717, 1.165) is 12.8 Å². The van der Waals surface area contributed by atoms with Crippen molar-refractivity contribution in [2.75, 3.05) is 26.0 Å². The van der Waals surface area contributed by atoms with Crippen molar-refractivity contribution < 1.29 is 24.2 Å². The van der Waals surface area contributed by atoms with Gasteiger partial charge in [-0.15, -0.1) is 0 Å². The number of anilines is 1. The van der Waals surface area contributed by atoms with Gasteiger partial charge in [-0.25, -0.2) is 9.78 Å². The molecule has 1 atom stereocenters. The largest absolute Gasteiger partial charge is 0.464 e. The molecule has 1 aliphatic carbocycles. The van der Waals surface area contributed by atoms with Crippen LogP contribution in [0.15, 0.2) is 24.3 Å². The Morgan fingerprint density at radius 3 is 2.81 bits per heavy atom. The average molecular weight is 439 g/mol. The maximum absolute atomic E-state index is 12.2. The first kappa shape index (κ1) is 21.0. The summed E-state index contributed by atoms with van der Waals surface area (Å²) in [4.78, 5) is 42.2. The molecule has 1 aliphatic heterocycles. The van der Waals surface area contributed by atoms with E-state index < -0.39 is 17.5 Å². The molecule has 0 unspecified atom stereocenters.